The van der Waals surface area contributed by atoms with E-state index in [-0.39, 0.29) is 30.2 Å². The van der Waals surface area contributed by atoms with Gasteiger partial charge in [-0.05, 0) is 18.9 Å². The van der Waals surface area contributed by atoms with Gasteiger partial charge in [-0.2, -0.15) is 0 Å². The number of amides is 1. The molecule has 0 aromatic heterocycles. The molecule has 1 amide bonds. The Kier molecular flexibility index (Phi) is 2.33. The molecule has 17 heavy (non-hydrogen) atoms. The first-order valence-corrected chi connectivity index (χ1v) is 5.95. The van der Waals surface area contributed by atoms with E-state index in [0.29, 0.717) is 5.56 Å². The number of phenolic OH excluding ortho intramolecular Hbond substituents is 1. The fraction of sp³-hybridized carbons (Fsp3) is 0.462. The third-order valence-corrected chi connectivity index (χ3v) is 3.53. The number of hydrogen-bond acceptors (Lipinski definition) is 3. The number of hydrogen-bond donors (Lipinski definition) is 2. The Labute approximate surface area is 99.5 Å². The standard InChI is InChI=1S/C13H15NO3/c15-10-4-2-1-3-9(10)13-11(16)7-12(17)14(13)8-5-6-8/h1-4,8,11,13,15-16H,5-7H2. The van der Waals surface area contributed by atoms with Crippen molar-refractivity contribution in [2.75, 3.05) is 0 Å². The van der Waals surface area contributed by atoms with Crippen LogP contribution in [0, 0.1) is 0 Å². The number of benzene rings is 1. The second-order valence-electron chi connectivity index (χ2n) is 4.81. The third-order valence-electron chi connectivity index (χ3n) is 3.53. The zero-order valence-corrected chi connectivity index (χ0v) is 9.41. The van der Waals surface area contributed by atoms with Crippen LogP contribution in [0.4, 0.5) is 0 Å². The van der Waals surface area contributed by atoms with Crippen LogP contribution >= 0.6 is 0 Å². The summed E-state index contributed by atoms with van der Waals surface area (Å²) in [5, 5.41) is 19.9. The van der Waals surface area contributed by atoms with Crippen molar-refractivity contribution in [1.82, 2.24) is 4.90 Å². The Bertz CT molecular complexity index is 456. The van der Waals surface area contributed by atoms with Crippen molar-refractivity contribution >= 4 is 5.91 Å². The average molecular weight is 233 g/mol. The molecule has 1 aliphatic carbocycles. The number of aromatic hydroxyl groups is 1. The minimum absolute atomic E-state index is 0.00625. The topological polar surface area (TPSA) is 60.8 Å². The van der Waals surface area contributed by atoms with Crippen LogP contribution in [0.1, 0.15) is 30.9 Å². The molecule has 1 aromatic carbocycles. The fourth-order valence-corrected chi connectivity index (χ4v) is 2.61. The van der Waals surface area contributed by atoms with E-state index in [2.05, 4.69) is 0 Å². The maximum absolute atomic E-state index is 11.8. The molecular weight excluding hydrogens is 218 g/mol. The van der Waals surface area contributed by atoms with E-state index in [9.17, 15) is 15.0 Å². The number of phenols is 1. The van der Waals surface area contributed by atoms with Gasteiger partial charge in [0.15, 0.2) is 0 Å². The molecule has 0 spiro atoms. The lowest BCUT2D eigenvalue weighted by Crippen LogP contribution is -2.32. The third kappa shape index (κ3) is 1.69. The molecule has 1 heterocycles. The molecular formula is C13H15NO3. The van der Waals surface area contributed by atoms with E-state index in [1.165, 1.54) is 0 Å². The first kappa shape index (κ1) is 10.6. The molecule has 4 heteroatoms. The molecule has 1 aliphatic heterocycles. The lowest BCUT2D eigenvalue weighted by atomic mass is 10.0. The summed E-state index contributed by atoms with van der Waals surface area (Å²) < 4.78 is 0. The molecule has 90 valence electrons. The Morgan fingerprint density at radius 1 is 1.24 bits per heavy atom. The largest absolute Gasteiger partial charge is 0.508 e. The van der Waals surface area contributed by atoms with Crippen molar-refractivity contribution in [3.8, 4) is 5.75 Å². The lowest BCUT2D eigenvalue weighted by Gasteiger charge is -2.27. The molecule has 2 atom stereocenters. The van der Waals surface area contributed by atoms with Gasteiger partial charge in [0.2, 0.25) is 5.91 Å². The first-order valence-electron chi connectivity index (χ1n) is 5.95. The van der Waals surface area contributed by atoms with E-state index >= 15 is 0 Å². The molecule has 2 N–H and O–H groups in total. The Morgan fingerprint density at radius 3 is 2.59 bits per heavy atom. The van der Waals surface area contributed by atoms with Crippen molar-refractivity contribution in [3.63, 3.8) is 0 Å². The predicted octanol–water partition coefficient (Wildman–Crippen LogP) is 1.19. The quantitative estimate of drug-likeness (QED) is 0.806. The van der Waals surface area contributed by atoms with Crippen molar-refractivity contribution in [2.24, 2.45) is 0 Å². The van der Waals surface area contributed by atoms with Crippen LogP contribution in [0.25, 0.3) is 0 Å². The summed E-state index contributed by atoms with van der Waals surface area (Å²) in [6, 6.07) is 6.80. The van der Waals surface area contributed by atoms with Gasteiger partial charge in [-0.1, -0.05) is 18.2 Å². The second kappa shape index (κ2) is 3.74. The van der Waals surface area contributed by atoms with Crippen molar-refractivity contribution < 1.29 is 15.0 Å². The number of carbonyl (C=O) groups is 1. The van der Waals surface area contributed by atoms with Gasteiger partial charge in [-0.15, -0.1) is 0 Å². The predicted molar refractivity (Wildman–Crippen MR) is 61.3 cm³/mol. The highest BCUT2D eigenvalue weighted by atomic mass is 16.3. The van der Waals surface area contributed by atoms with E-state index in [1.54, 1.807) is 23.1 Å². The van der Waals surface area contributed by atoms with Gasteiger partial charge in [0.1, 0.15) is 5.75 Å². The normalized spacial score (nSPS) is 28.8. The minimum atomic E-state index is -0.712. The van der Waals surface area contributed by atoms with E-state index in [0.717, 1.165) is 12.8 Å². The molecule has 4 nitrogen and oxygen atoms in total. The minimum Gasteiger partial charge on any atom is -0.508 e. The van der Waals surface area contributed by atoms with Crippen LogP contribution in [-0.2, 0) is 4.79 Å². The van der Waals surface area contributed by atoms with E-state index in [1.807, 2.05) is 6.07 Å². The van der Waals surface area contributed by atoms with Gasteiger partial charge in [-0.25, -0.2) is 0 Å². The van der Waals surface area contributed by atoms with Gasteiger partial charge in [-0.3, -0.25) is 4.79 Å². The summed E-state index contributed by atoms with van der Waals surface area (Å²) in [5.74, 6) is 0.144. The molecule has 1 saturated heterocycles. The van der Waals surface area contributed by atoms with Gasteiger partial charge < -0.3 is 15.1 Å². The maximum Gasteiger partial charge on any atom is 0.226 e. The van der Waals surface area contributed by atoms with Crippen molar-refractivity contribution in [1.29, 1.82) is 0 Å². The zero-order chi connectivity index (χ0) is 12.0. The Balaban J connectivity index is 1.99. The molecule has 2 fully saturated rings. The van der Waals surface area contributed by atoms with Crippen LogP contribution in [0.5, 0.6) is 5.75 Å². The summed E-state index contributed by atoms with van der Waals surface area (Å²) >= 11 is 0. The number of rotatable bonds is 2. The molecule has 3 rings (SSSR count). The van der Waals surface area contributed by atoms with Gasteiger partial charge in [0.05, 0.1) is 18.6 Å². The molecule has 2 unspecified atom stereocenters. The number of aliphatic hydroxyl groups is 1. The second-order valence-corrected chi connectivity index (χ2v) is 4.81. The summed E-state index contributed by atoms with van der Waals surface area (Å²) in [6.45, 7) is 0. The SMILES string of the molecule is O=C1CC(O)C(c2ccccc2O)N1C1CC1. The molecule has 1 aromatic rings. The lowest BCUT2D eigenvalue weighted by molar-refractivity contribution is -0.129. The highest BCUT2D eigenvalue weighted by Crippen LogP contribution is 2.43. The summed E-state index contributed by atoms with van der Waals surface area (Å²) in [6.07, 6.45) is 1.46. The first-order chi connectivity index (χ1) is 8.18. The molecule has 0 radical (unpaired) electrons. The van der Waals surface area contributed by atoms with E-state index < -0.39 is 6.10 Å². The Hall–Kier alpha value is -1.55. The number of carbonyl (C=O) groups excluding carboxylic acids is 1. The van der Waals surface area contributed by atoms with Gasteiger partial charge in [0, 0.05) is 11.6 Å². The summed E-state index contributed by atoms with van der Waals surface area (Å²) in [4.78, 5) is 13.6. The molecule has 0 bridgehead atoms. The van der Waals surface area contributed by atoms with Gasteiger partial charge >= 0.3 is 0 Å². The molecule has 1 saturated carbocycles. The molecule has 2 aliphatic rings. The van der Waals surface area contributed by atoms with Crippen LogP contribution < -0.4 is 0 Å². The highest BCUT2D eigenvalue weighted by molar-refractivity contribution is 5.81. The Morgan fingerprint density at radius 2 is 1.94 bits per heavy atom. The monoisotopic (exact) mass is 233 g/mol. The number of para-hydroxylation sites is 1. The summed E-state index contributed by atoms with van der Waals surface area (Å²) in [7, 11) is 0. The highest BCUT2D eigenvalue weighted by Gasteiger charge is 2.47. The fourth-order valence-electron chi connectivity index (χ4n) is 2.61. The van der Waals surface area contributed by atoms with Crippen LogP contribution in [-0.4, -0.2) is 33.2 Å². The zero-order valence-electron chi connectivity index (χ0n) is 9.41. The van der Waals surface area contributed by atoms with Crippen LogP contribution in [0.15, 0.2) is 24.3 Å². The van der Waals surface area contributed by atoms with Crippen LogP contribution in [0.3, 0.4) is 0 Å². The van der Waals surface area contributed by atoms with Crippen LogP contribution in [0.2, 0.25) is 0 Å². The van der Waals surface area contributed by atoms with Crippen molar-refractivity contribution in [3.05, 3.63) is 29.8 Å². The van der Waals surface area contributed by atoms with Gasteiger partial charge in [0.25, 0.3) is 0 Å². The number of likely N-dealkylation sites (tertiary alicyclic amines) is 1. The van der Waals surface area contributed by atoms with E-state index in [4.69, 9.17) is 0 Å². The number of aliphatic hydroxyl groups excluding tert-OH is 1. The average Bonchev–Trinajstić information content (AvgIpc) is 3.06. The maximum atomic E-state index is 11.8. The smallest absolute Gasteiger partial charge is 0.226 e. The summed E-state index contributed by atoms with van der Waals surface area (Å²) in [5.41, 5.74) is 0.651. The number of nitrogens with zero attached hydrogens (tertiary/aromatic N) is 1. The van der Waals surface area contributed by atoms with Crippen molar-refractivity contribution in [2.45, 2.75) is 37.5 Å².